The van der Waals surface area contributed by atoms with Crippen LogP contribution in [0.4, 0.5) is 0 Å². The lowest BCUT2D eigenvalue weighted by Crippen LogP contribution is -2.50. The molecule has 162 valence electrons. The first-order valence-electron chi connectivity index (χ1n) is 10.5. The summed E-state index contributed by atoms with van der Waals surface area (Å²) in [5.41, 5.74) is 1.15. The molecule has 0 aromatic heterocycles. The number of thioether (sulfide) groups is 1. The van der Waals surface area contributed by atoms with Crippen molar-refractivity contribution in [2.75, 3.05) is 18.8 Å². The molecule has 0 aliphatic rings. The Balaban J connectivity index is 2.08. The van der Waals surface area contributed by atoms with Crippen molar-refractivity contribution in [3.63, 3.8) is 0 Å². The van der Waals surface area contributed by atoms with E-state index in [9.17, 15) is 9.59 Å². The summed E-state index contributed by atoms with van der Waals surface area (Å²) < 4.78 is 0. The topological polar surface area (TPSA) is 49.4 Å². The second-order valence-corrected chi connectivity index (χ2v) is 8.62. The molecule has 0 heterocycles. The third-order valence-electron chi connectivity index (χ3n) is 4.88. The third-order valence-corrected chi connectivity index (χ3v) is 6.12. The maximum Gasteiger partial charge on any atom is 0.242 e. The molecular weight excluding hydrogens is 416 g/mol. The number of hydrogen-bond donors (Lipinski definition) is 1. The van der Waals surface area contributed by atoms with Gasteiger partial charge in [0.15, 0.2) is 0 Å². The standard InChI is InChI=1S/C24H31ClN2O2S/c1-3-5-16-26-24(29)22(4-2)27(17-15-19-9-7-6-8-10-19)23(28)18-30-21-13-11-20(25)12-14-21/h6-14,22H,3-5,15-18H2,1-2H3,(H,26,29)/t22-/m0/s1. The van der Waals surface area contributed by atoms with Crippen LogP contribution >= 0.6 is 23.4 Å². The molecule has 1 N–H and O–H groups in total. The van der Waals surface area contributed by atoms with Gasteiger partial charge in [-0.2, -0.15) is 0 Å². The molecule has 0 spiro atoms. The Morgan fingerprint density at radius 3 is 2.40 bits per heavy atom. The highest BCUT2D eigenvalue weighted by molar-refractivity contribution is 8.00. The molecule has 0 fully saturated rings. The van der Waals surface area contributed by atoms with Crippen LogP contribution < -0.4 is 5.32 Å². The fraction of sp³-hybridized carbons (Fsp3) is 0.417. The molecule has 0 unspecified atom stereocenters. The summed E-state index contributed by atoms with van der Waals surface area (Å²) >= 11 is 7.41. The highest BCUT2D eigenvalue weighted by atomic mass is 35.5. The Morgan fingerprint density at radius 1 is 1.07 bits per heavy atom. The van der Waals surface area contributed by atoms with E-state index in [4.69, 9.17) is 11.6 Å². The van der Waals surface area contributed by atoms with Crippen molar-refractivity contribution in [2.24, 2.45) is 0 Å². The van der Waals surface area contributed by atoms with Crippen molar-refractivity contribution in [3.8, 4) is 0 Å². The predicted molar refractivity (Wildman–Crippen MR) is 126 cm³/mol. The molecule has 1 atom stereocenters. The number of nitrogens with one attached hydrogen (secondary N) is 1. The lowest BCUT2D eigenvalue weighted by atomic mass is 10.1. The van der Waals surface area contributed by atoms with E-state index in [1.807, 2.05) is 61.5 Å². The first-order valence-corrected chi connectivity index (χ1v) is 11.9. The molecule has 0 saturated heterocycles. The number of carbonyl (C=O) groups is 2. The van der Waals surface area contributed by atoms with Gasteiger partial charge in [0.2, 0.25) is 11.8 Å². The second-order valence-electron chi connectivity index (χ2n) is 7.13. The van der Waals surface area contributed by atoms with Crippen molar-refractivity contribution in [3.05, 3.63) is 65.2 Å². The first-order chi connectivity index (χ1) is 14.5. The molecule has 0 aliphatic carbocycles. The van der Waals surface area contributed by atoms with Crippen molar-refractivity contribution in [2.45, 2.75) is 50.5 Å². The maximum absolute atomic E-state index is 13.1. The SMILES string of the molecule is CCCCNC(=O)[C@H](CC)N(CCc1ccccc1)C(=O)CSc1ccc(Cl)cc1. The van der Waals surface area contributed by atoms with E-state index in [2.05, 4.69) is 12.2 Å². The highest BCUT2D eigenvalue weighted by Crippen LogP contribution is 2.21. The van der Waals surface area contributed by atoms with Crippen LogP contribution in [0.15, 0.2) is 59.5 Å². The number of halogens is 1. The van der Waals surface area contributed by atoms with Crippen molar-refractivity contribution in [1.82, 2.24) is 10.2 Å². The molecule has 6 heteroatoms. The minimum atomic E-state index is -0.455. The largest absolute Gasteiger partial charge is 0.354 e. The molecule has 0 saturated carbocycles. The van der Waals surface area contributed by atoms with E-state index >= 15 is 0 Å². The minimum absolute atomic E-state index is 0.0247. The van der Waals surface area contributed by atoms with Gasteiger partial charge in [-0.05, 0) is 49.1 Å². The summed E-state index contributed by atoms with van der Waals surface area (Å²) in [4.78, 5) is 28.7. The minimum Gasteiger partial charge on any atom is -0.354 e. The molecule has 30 heavy (non-hydrogen) atoms. The van der Waals surface area contributed by atoms with Crippen molar-refractivity contribution in [1.29, 1.82) is 0 Å². The van der Waals surface area contributed by atoms with E-state index in [0.29, 0.717) is 24.5 Å². The molecule has 2 aromatic carbocycles. The summed E-state index contributed by atoms with van der Waals surface area (Å²) in [6, 6.07) is 17.1. The number of benzene rings is 2. The fourth-order valence-corrected chi connectivity index (χ4v) is 4.07. The second kappa shape index (κ2) is 13.3. The van der Waals surface area contributed by atoms with Gasteiger partial charge < -0.3 is 10.2 Å². The monoisotopic (exact) mass is 446 g/mol. The Labute approximate surface area is 189 Å². The Kier molecular flexibility index (Phi) is 10.8. The van der Waals surface area contributed by atoms with Crippen molar-refractivity contribution < 1.29 is 9.59 Å². The number of amides is 2. The van der Waals surface area contributed by atoms with Crippen LogP contribution in [0.3, 0.4) is 0 Å². The molecule has 2 rings (SSSR count). The van der Waals surface area contributed by atoms with Gasteiger partial charge in [0.05, 0.1) is 5.75 Å². The zero-order chi connectivity index (χ0) is 21.8. The molecule has 2 aromatic rings. The molecular formula is C24H31ClN2O2S. The smallest absolute Gasteiger partial charge is 0.242 e. The zero-order valence-corrected chi connectivity index (χ0v) is 19.3. The van der Waals surface area contributed by atoms with Crippen LogP contribution in [0.1, 0.15) is 38.7 Å². The van der Waals surface area contributed by atoms with E-state index in [1.165, 1.54) is 11.8 Å². The maximum atomic E-state index is 13.1. The lowest BCUT2D eigenvalue weighted by molar-refractivity contribution is -0.138. The van der Waals surface area contributed by atoms with E-state index in [1.54, 1.807) is 4.90 Å². The van der Waals surface area contributed by atoms with Crippen LogP contribution in [0, 0.1) is 0 Å². The van der Waals surface area contributed by atoms with E-state index < -0.39 is 6.04 Å². The summed E-state index contributed by atoms with van der Waals surface area (Å²) in [6.07, 6.45) is 3.26. The number of carbonyl (C=O) groups excluding carboxylic acids is 2. The average Bonchev–Trinajstić information content (AvgIpc) is 2.76. The Bertz CT molecular complexity index is 784. The van der Waals surface area contributed by atoms with Crippen molar-refractivity contribution >= 4 is 35.2 Å². The van der Waals surface area contributed by atoms with Gasteiger partial charge in [0.25, 0.3) is 0 Å². The summed E-state index contributed by atoms with van der Waals surface area (Å²) in [5, 5.41) is 3.67. The Morgan fingerprint density at radius 2 is 1.77 bits per heavy atom. The van der Waals surface area contributed by atoms with E-state index in [-0.39, 0.29) is 17.6 Å². The molecule has 0 aliphatic heterocycles. The zero-order valence-electron chi connectivity index (χ0n) is 17.8. The van der Waals surface area contributed by atoms with Crippen LogP contribution in [-0.2, 0) is 16.0 Å². The molecule has 0 bridgehead atoms. The highest BCUT2D eigenvalue weighted by Gasteiger charge is 2.28. The summed E-state index contributed by atoms with van der Waals surface area (Å²) in [5.74, 6) is 0.196. The number of nitrogens with zero attached hydrogens (tertiary/aromatic N) is 1. The third kappa shape index (κ3) is 8.04. The average molecular weight is 447 g/mol. The van der Waals surface area contributed by atoms with Crippen LogP contribution in [-0.4, -0.2) is 41.6 Å². The summed E-state index contributed by atoms with van der Waals surface area (Å²) in [7, 11) is 0. The van der Waals surface area contributed by atoms with Gasteiger partial charge in [-0.3, -0.25) is 9.59 Å². The van der Waals surface area contributed by atoms with Gasteiger partial charge in [-0.25, -0.2) is 0 Å². The summed E-state index contributed by atoms with van der Waals surface area (Å²) in [6.45, 7) is 5.21. The number of unbranched alkanes of at least 4 members (excludes halogenated alkanes) is 1. The van der Waals surface area contributed by atoms with Crippen LogP contribution in [0.25, 0.3) is 0 Å². The normalized spacial score (nSPS) is 11.7. The Hall–Kier alpha value is -1.98. The predicted octanol–water partition coefficient (Wildman–Crippen LogP) is 5.20. The van der Waals surface area contributed by atoms with Gasteiger partial charge in [-0.1, -0.05) is 62.2 Å². The lowest BCUT2D eigenvalue weighted by Gasteiger charge is -2.30. The van der Waals surface area contributed by atoms with Crippen LogP contribution in [0.2, 0.25) is 5.02 Å². The van der Waals surface area contributed by atoms with E-state index in [0.717, 1.165) is 29.7 Å². The quantitative estimate of drug-likeness (QED) is 0.360. The number of hydrogen-bond acceptors (Lipinski definition) is 3. The van der Waals surface area contributed by atoms with Crippen LogP contribution in [0.5, 0.6) is 0 Å². The van der Waals surface area contributed by atoms with Gasteiger partial charge in [-0.15, -0.1) is 11.8 Å². The first kappa shape index (κ1) is 24.3. The molecule has 4 nitrogen and oxygen atoms in total. The van der Waals surface area contributed by atoms with Gasteiger partial charge in [0, 0.05) is 23.0 Å². The molecule has 2 amide bonds. The fourth-order valence-electron chi connectivity index (χ4n) is 3.16. The number of rotatable bonds is 12. The van der Waals surface area contributed by atoms with Gasteiger partial charge in [0.1, 0.15) is 6.04 Å². The molecule has 0 radical (unpaired) electrons. The van der Waals surface area contributed by atoms with Gasteiger partial charge >= 0.3 is 0 Å².